The molecule has 4 rings (SSSR count). The first-order valence-corrected chi connectivity index (χ1v) is 11.2. The van der Waals surface area contributed by atoms with Gasteiger partial charge < -0.3 is 9.50 Å². The van der Waals surface area contributed by atoms with Crippen molar-refractivity contribution >= 4 is 23.4 Å². The Morgan fingerprint density at radius 1 is 1.14 bits per heavy atom. The minimum Gasteiger partial charge on any atom is -0.379 e. The van der Waals surface area contributed by atoms with Crippen LogP contribution in [0.1, 0.15) is 36.5 Å². The van der Waals surface area contributed by atoms with E-state index in [1.807, 2.05) is 18.2 Å². The zero-order valence-corrected chi connectivity index (χ0v) is 17.7. The Morgan fingerprint density at radius 2 is 1.90 bits per heavy atom. The fourth-order valence-electron chi connectivity index (χ4n) is 3.93. The second-order valence-electron chi connectivity index (χ2n) is 7.60. The van der Waals surface area contributed by atoms with Gasteiger partial charge >= 0.3 is 0 Å². The van der Waals surface area contributed by atoms with Crippen molar-refractivity contribution in [1.82, 2.24) is 4.90 Å². The summed E-state index contributed by atoms with van der Waals surface area (Å²) in [6.45, 7) is 6.64. The number of fused-ring (bicyclic) bond motifs is 1. The topological polar surface area (TPSA) is 57.2 Å². The van der Waals surface area contributed by atoms with Gasteiger partial charge in [-0.3, -0.25) is 4.90 Å². The van der Waals surface area contributed by atoms with E-state index < -0.39 is 0 Å². The van der Waals surface area contributed by atoms with E-state index >= 15 is 0 Å². The van der Waals surface area contributed by atoms with Crippen molar-refractivity contribution in [2.24, 2.45) is 5.29 Å². The summed E-state index contributed by atoms with van der Waals surface area (Å²) in [5, 5.41) is 8.00. The SMILES string of the molecule is CCSOC1CCN(Cc2ccc(CNc3cccc4c3N(N=O)C4)cc2)CC1. The molecule has 0 atom stereocenters. The van der Waals surface area contributed by atoms with Crippen LogP contribution in [0.25, 0.3) is 0 Å². The van der Waals surface area contributed by atoms with Gasteiger partial charge in [0.15, 0.2) is 0 Å². The van der Waals surface area contributed by atoms with Crippen molar-refractivity contribution < 1.29 is 4.18 Å². The van der Waals surface area contributed by atoms with E-state index in [9.17, 15) is 4.91 Å². The Balaban J connectivity index is 1.26. The molecule has 0 aliphatic carbocycles. The molecular formula is C22H28N4O2S. The average Bonchev–Trinajstić information content (AvgIpc) is 2.74. The van der Waals surface area contributed by atoms with Crippen molar-refractivity contribution in [3.8, 4) is 0 Å². The highest BCUT2D eigenvalue weighted by atomic mass is 32.2. The first-order chi connectivity index (χ1) is 14.3. The summed E-state index contributed by atoms with van der Waals surface area (Å²) in [5.74, 6) is 1.01. The number of nitroso groups, excluding NO2 is 1. The van der Waals surface area contributed by atoms with Gasteiger partial charge in [0.1, 0.15) is 0 Å². The van der Waals surface area contributed by atoms with Gasteiger partial charge in [0.2, 0.25) is 0 Å². The lowest BCUT2D eigenvalue weighted by Crippen LogP contribution is -2.35. The van der Waals surface area contributed by atoms with E-state index in [1.165, 1.54) is 16.1 Å². The minimum absolute atomic E-state index is 0.408. The van der Waals surface area contributed by atoms with Gasteiger partial charge in [-0.15, -0.1) is 4.91 Å². The number of rotatable bonds is 9. The van der Waals surface area contributed by atoms with E-state index in [0.717, 1.165) is 61.7 Å². The molecule has 1 N–H and O–H groups in total. The maximum Gasteiger partial charge on any atom is 0.0912 e. The van der Waals surface area contributed by atoms with Crippen molar-refractivity contribution in [1.29, 1.82) is 0 Å². The van der Waals surface area contributed by atoms with Crippen LogP contribution in [0.4, 0.5) is 11.4 Å². The van der Waals surface area contributed by atoms with Gasteiger partial charge in [0.05, 0.1) is 29.3 Å². The number of hydrogen-bond donors (Lipinski definition) is 1. The lowest BCUT2D eigenvalue weighted by atomic mass is 10.0. The second-order valence-corrected chi connectivity index (χ2v) is 8.61. The third kappa shape index (κ3) is 4.91. The molecule has 7 heteroatoms. The van der Waals surface area contributed by atoms with Gasteiger partial charge in [0, 0.05) is 37.5 Å². The summed E-state index contributed by atoms with van der Waals surface area (Å²) in [6, 6.07) is 14.8. The van der Waals surface area contributed by atoms with Crippen LogP contribution in [0.5, 0.6) is 0 Å². The average molecular weight is 413 g/mol. The highest BCUT2D eigenvalue weighted by Crippen LogP contribution is 2.39. The summed E-state index contributed by atoms with van der Waals surface area (Å²) in [5.41, 5.74) is 5.59. The van der Waals surface area contributed by atoms with Crippen molar-refractivity contribution in [3.63, 3.8) is 0 Å². The predicted octanol–water partition coefficient (Wildman–Crippen LogP) is 4.95. The fourth-order valence-corrected chi connectivity index (χ4v) is 4.45. The van der Waals surface area contributed by atoms with Crippen LogP contribution < -0.4 is 10.3 Å². The fraction of sp³-hybridized carbons (Fsp3) is 0.455. The molecule has 2 aromatic rings. The molecule has 2 aliphatic heterocycles. The molecular weight excluding hydrogens is 384 g/mol. The normalized spacial score (nSPS) is 16.9. The quantitative estimate of drug-likeness (QED) is 0.465. The van der Waals surface area contributed by atoms with Gasteiger partial charge in [-0.2, -0.15) is 0 Å². The number of benzene rings is 2. The molecule has 0 saturated carbocycles. The molecule has 2 heterocycles. The number of anilines is 2. The molecule has 29 heavy (non-hydrogen) atoms. The lowest BCUT2D eigenvalue weighted by molar-refractivity contribution is 0.113. The zero-order valence-electron chi connectivity index (χ0n) is 16.8. The van der Waals surface area contributed by atoms with Crippen LogP contribution in [0, 0.1) is 4.91 Å². The molecule has 0 amide bonds. The molecule has 1 saturated heterocycles. The van der Waals surface area contributed by atoms with Crippen LogP contribution in [0.3, 0.4) is 0 Å². The van der Waals surface area contributed by atoms with Gasteiger partial charge in [0.25, 0.3) is 0 Å². The summed E-state index contributed by atoms with van der Waals surface area (Å²) in [7, 11) is 0. The van der Waals surface area contributed by atoms with Crippen LogP contribution in [-0.2, 0) is 23.8 Å². The molecule has 0 spiro atoms. The van der Waals surface area contributed by atoms with Crippen LogP contribution in [0.15, 0.2) is 47.8 Å². The number of hydrogen-bond acceptors (Lipinski definition) is 6. The Labute approximate surface area is 176 Å². The summed E-state index contributed by atoms with van der Waals surface area (Å²) < 4.78 is 5.80. The molecule has 154 valence electrons. The Bertz CT molecular complexity index is 822. The third-order valence-corrected chi connectivity index (χ3v) is 6.21. The van der Waals surface area contributed by atoms with Crippen LogP contribution in [-0.4, -0.2) is 29.8 Å². The first-order valence-electron chi connectivity index (χ1n) is 10.3. The largest absolute Gasteiger partial charge is 0.379 e. The van der Waals surface area contributed by atoms with Crippen molar-refractivity contribution in [2.75, 3.05) is 29.2 Å². The zero-order chi connectivity index (χ0) is 20.1. The van der Waals surface area contributed by atoms with E-state index in [4.69, 9.17) is 4.18 Å². The molecule has 0 radical (unpaired) electrons. The molecule has 2 aromatic carbocycles. The Hall–Kier alpha value is -2.09. The third-order valence-electron chi connectivity index (χ3n) is 5.57. The molecule has 0 aromatic heterocycles. The van der Waals surface area contributed by atoms with Gasteiger partial charge in [-0.05, 0) is 42.1 Å². The predicted molar refractivity (Wildman–Crippen MR) is 120 cm³/mol. The number of para-hydroxylation sites is 1. The van der Waals surface area contributed by atoms with E-state index in [1.54, 1.807) is 12.0 Å². The lowest BCUT2D eigenvalue weighted by Gasteiger charge is -2.31. The molecule has 0 unspecified atom stereocenters. The van der Waals surface area contributed by atoms with E-state index in [-0.39, 0.29) is 0 Å². The minimum atomic E-state index is 0.408. The van der Waals surface area contributed by atoms with Crippen molar-refractivity contribution in [2.45, 2.75) is 45.5 Å². The smallest absolute Gasteiger partial charge is 0.0912 e. The highest BCUT2D eigenvalue weighted by Gasteiger charge is 2.26. The number of nitrogens with zero attached hydrogens (tertiary/aromatic N) is 3. The maximum absolute atomic E-state index is 10.9. The van der Waals surface area contributed by atoms with Crippen molar-refractivity contribution in [3.05, 3.63) is 64.1 Å². The van der Waals surface area contributed by atoms with Crippen LogP contribution >= 0.6 is 12.0 Å². The van der Waals surface area contributed by atoms with Gasteiger partial charge in [-0.1, -0.05) is 43.3 Å². The van der Waals surface area contributed by atoms with E-state index in [2.05, 4.69) is 46.7 Å². The summed E-state index contributed by atoms with van der Waals surface area (Å²) in [4.78, 5) is 13.4. The monoisotopic (exact) mass is 412 g/mol. The highest BCUT2D eigenvalue weighted by molar-refractivity contribution is 7.94. The summed E-state index contributed by atoms with van der Waals surface area (Å²) in [6.07, 6.45) is 2.64. The second kappa shape index (κ2) is 9.61. The Kier molecular flexibility index (Phi) is 6.69. The molecule has 0 bridgehead atoms. The molecule has 1 fully saturated rings. The van der Waals surface area contributed by atoms with Gasteiger partial charge in [-0.25, -0.2) is 5.01 Å². The van der Waals surface area contributed by atoms with Crippen LogP contribution in [0.2, 0.25) is 0 Å². The Morgan fingerprint density at radius 3 is 2.62 bits per heavy atom. The standard InChI is InChI=1S/C22H28N4O2S/c1-2-29-28-20-10-12-25(13-11-20)15-18-8-6-17(7-9-18)14-23-21-5-3-4-19-16-26(24-27)22(19)21/h3-9,20,23H,2,10-16H2,1H3. The number of piperidine rings is 1. The number of likely N-dealkylation sites (tertiary alicyclic amines) is 1. The first kappa shape index (κ1) is 20.2. The summed E-state index contributed by atoms with van der Waals surface area (Å²) >= 11 is 1.58. The maximum atomic E-state index is 10.9. The molecule has 6 nitrogen and oxygen atoms in total. The number of nitrogens with one attached hydrogen (secondary N) is 1. The molecule has 2 aliphatic rings. The van der Waals surface area contributed by atoms with E-state index in [0.29, 0.717) is 12.6 Å².